The minimum Gasteiger partial charge on any atom is -0.497 e. The molecular weight excluding hydrogens is 566 g/mol. The van der Waals surface area contributed by atoms with Crippen LogP contribution in [0.5, 0.6) is 5.75 Å². The van der Waals surface area contributed by atoms with Crippen molar-refractivity contribution in [2.24, 2.45) is 0 Å². The maximum absolute atomic E-state index is 14.3. The molecule has 0 spiro atoms. The third-order valence-corrected chi connectivity index (χ3v) is 10.1. The van der Waals surface area contributed by atoms with E-state index in [1.165, 1.54) is 28.6 Å². The zero-order valence-electron chi connectivity index (χ0n) is 24.5. The van der Waals surface area contributed by atoms with Gasteiger partial charge in [-0.05, 0) is 66.8 Å². The maximum Gasteiger partial charge on any atom is 0.254 e. The van der Waals surface area contributed by atoms with Crippen molar-refractivity contribution in [1.82, 2.24) is 14.5 Å². The van der Waals surface area contributed by atoms with Crippen molar-refractivity contribution in [3.05, 3.63) is 95.6 Å². The molecule has 0 radical (unpaired) electrons. The van der Waals surface area contributed by atoms with Crippen LogP contribution >= 0.6 is 0 Å². The normalized spacial score (nSPS) is 16.9. The summed E-state index contributed by atoms with van der Waals surface area (Å²) in [6.45, 7) is 1.56. The lowest BCUT2D eigenvalue weighted by atomic mass is 10.0. The first-order chi connectivity index (χ1) is 20.9. The first-order valence-electron chi connectivity index (χ1n) is 14.8. The van der Waals surface area contributed by atoms with Gasteiger partial charge in [0, 0.05) is 31.2 Å². The van der Waals surface area contributed by atoms with Crippen LogP contribution in [-0.2, 0) is 26.0 Å². The van der Waals surface area contributed by atoms with Crippen molar-refractivity contribution < 1.29 is 27.5 Å². The predicted octanol–water partition coefficient (Wildman–Crippen LogP) is 4.20. The molecule has 9 nitrogen and oxygen atoms in total. The highest BCUT2D eigenvalue weighted by atomic mass is 32.2. The Balaban J connectivity index is 1.47. The van der Waals surface area contributed by atoms with Gasteiger partial charge in [-0.3, -0.25) is 9.59 Å². The molecule has 2 amide bonds. The Morgan fingerprint density at radius 1 is 0.953 bits per heavy atom. The van der Waals surface area contributed by atoms with Gasteiger partial charge in [0.25, 0.3) is 5.91 Å². The highest BCUT2D eigenvalue weighted by molar-refractivity contribution is 7.89. The monoisotopic (exact) mass is 605 g/mol. The van der Waals surface area contributed by atoms with Gasteiger partial charge in [-0.15, -0.1) is 0 Å². The molecule has 1 saturated heterocycles. The summed E-state index contributed by atoms with van der Waals surface area (Å²) in [7, 11) is -2.13. The van der Waals surface area contributed by atoms with E-state index in [9.17, 15) is 18.0 Å². The number of nitrogens with one attached hydrogen (secondary N) is 1. The third kappa shape index (κ3) is 7.44. The number of benzene rings is 3. The van der Waals surface area contributed by atoms with Gasteiger partial charge < -0.3 is 19.7 Å². The van der Waals surface area contributed by atoms with E-state index in [1.54, 1.807) is 24.1 Å². The maximum atomic E-state index is 14.3. The second-order valence-electron chi connectivity index (χ2n) is 10.9. The van der Waals surface area contributed by atoms with E-state index in [0.717, 1.165) is 31.2 Å². The standard InChI is InChI=1S/C33H39N3O6S/c1-41-29-15-11-26(12-16-29)31(32(37)34-28-9-5-6-10-28)36(20-19-25-7-3-2-4-8-25)33(38)27-13-17-30(18-14-27)43(39,40)35-21-23-42-24-22-35/h2-4,7-8,11-18,28,31H,5-6,9-10,19-24H2,1H3,(H,34,37). The molecule has 1 aliphatic heterocycles. The van der Waals surface area contributed by atoms with Gasteiger partial charge >= 0.3 is 0 Å². The first-order valence-corrected chi connectivity index (χ1v) is 16.3. The SMILES string of the molecule is COc1ccc(C(C(=O)NC2CCCC2)N(CCc2ccccc2)C(=O)c2ccc(S(=O)(=O)N3CCOCC3)cc2)cc1. The molecule has 1 aliphatic carbocycles. The lowest BCUT2D eigenvalue weighted by Crippen LogP contribution is -2.46. The van der Waals surface area contributed by atoms with Crippen molar-refractivity contribution >= 4 is 21.8 Å². The smallest absolute Gasteiger partial charge is 0.254 e. The molecule has 0 bridgehead atoms. The van der Waals surface area contributed by atoms with Crippen molar-refractivity contribution in [1.29, 1.82) is 0 Å². The highest BCUT2D eigenvalue weighted by Gasteiger charge is 2.34. The zero-order valence-corrected chi connectivity index (χ0v) is 25.3. The quantitative estimate of drug-likeness (QED) is 0.351. The number of sulfonamides is 1. The van der Waals surface area contributed by atoms with Crippen LogP contribution in [0.15, 0.2) is 83.8 Å². The van der Waals surface area contributed by atoms with E-state index in [-0.39, 0.29) is 42.4 Å². The molecular formula is C33H39N3O6S. The summed E-state index contributed by atoms with van der Waals surface area (Å²) >= 11 is 0. The van der Waals surface area contributed by atoms with E-state index in [0.29, 0.717) is 36.5 Å². The number of hydrogen-bond acceptors (Lipinski definition) is 6. The average molecular weight is 606 g/mol. The van der Waals surface area contributed by atoms with Gasteiger partial charge in [0.15, 0.2) is 0 Å². The summed E-state index contributed by atoms with van der Waals surface area (Å²) in [5.41, 5.74) is 2.02. The Kier molecular flexibility index (Phi) is 10.1. The molecule has 0 aromatic heterocycles. The van der Waals surface area contributed by atoms with Crippen LogP contribution in [0.1, 0.15) is 53.2 Å². The van der Waals surface area contributed by atoms with E-state index < -0.39 is 16.1 Å². The predicted molar refractivity (Wildman–Crippen MR) is 163 cm³/mol. The molecule has 1 atom stereocenters. The van der Waals surface area contributed by atoms with E-state index >= 15 is 0 Å². The molecule has 1 unspecified atom stereocenters. The van der Waals surface area contributed by atoms with Crippen molar-refractivity contribution in [2.75, 3.05) is 40.0 Å². The molecule has 1 saturated carbocycles. The number of carbonyl (C=O) groups excluding carboxylic acids is 2. The molecule has 1 N–H and O–H groups in total. The number of nitrogens with zero attached hydrogens (tertiary/aromatic N) is 2. The van der Waals surface area contributed by atoms with E-state index in [4.69, 9.17) is 9.47 Å². The molecule has 5 rings (SSSR count). The molecule has 3 aromatic carbocycles. The van der Waals surface area contributed by atoms with Crippen LogP contribution in [0.3, 0.4) is 0 Å². The van der Waals surface area contributed by atoms with Crippen molar-refractivity contribution in [2.45, 2.75) is 49.1 Å². The number of morpholine rings is 1. The summed E-state index contributed by atoms with van der Waals surface area (Å²) in [6.07, 6.45) is 4.50. The van der Waals surface area contributed by atoms with Gasteiger partial charge in [0.05, 0.1) is 25.2 Å². The minimum atomic E-state index is -3.71. The Bertz CT molecular complexity index is 1470. The largest absolute Gasteiger partial charge is 0.497 e. The van der Waals surface area contributed by atoms with Gasteiger partial charge in [-0.2, -0.15) is 4.31 Å². The summed E-state index contributed by atoms with van der Waals surface area (Å²) in [5.74, 6) is 0.0663. The summed E-state index contributed by atoms with van der Waals surface area (Å²) < 4.78 is 38.4. The molecule has 228 valence electrons. The molecule has 2 fully saturated rings. The Morgan fingerprint density at radius 3 is 2.23 bits per heavy atom. The lowest BCUT2D eigenvalue weighted by molar-refractivity contribution is -0.126. The third-order valence-electron chi connectivity index (χ3n) is 8.15. The second kappa shape index (κ2) is 14.2. The van der Waals surface area contributed by atoms with Crippen LogP contribution < -0.4 is 10.1 Å². The molecule has 10 heteroatoms. The van der Waals surface area contributed by atoms with Gasteiger partial charge in [0.1, 0.15) is 11.8 Å². The second-order valence-corrected chi connectivity index (χ2v) is 12.9. The van der Waals surface area contributed by atoms with Crippen LogP contribution in [0.25, 0.3) is 0 Å². The number of amides is 2. The summed E-state index contributed by atoms with van der Waals surface area (Å²) in [5, 5.41) is 3.20. The Hall–Kier alpha value is -3.73. The Labute approximate surface area is 253 Å². The topological polar surface area (TPSA) is 105 Å². The van der Waals surface area contributed by atoms with Crippen LogP contribution in [-0.4, -0.2) is 75.4 Å². The lowest BCUT2D eigenvalue weighted by Gasteiger charge is -2.32. The van der Waals surface area contributed by atoms with Gasteiger partial charge in [-0.25, -0.2) is 8.42 Å². The van der Waals surface area contributed by atoms with Gasteiger partial charge in [-0.1, -0.05) is 55.3 Å². The summed E-state index contributed by atoms with van der Waals surface area (Å²) in [6, 6.07) is 22.2. The number of methoxy groups -OCH3 is 1. The molecule has 43 heavy (non-hydrogen) atoms. The number of hydrogen-bond donors (Lipinski definition) is 1. The number of ether oxygens (including phenoxy) is 2. The fourth-order valence-corrected chi connectivity index (χ4v) is 7.13. The Morgan fingerprint density at radius 2 is 1.60 bits per heavy atom. The van der Waals surface area contributed by atoms with Crippen LogP contribution in [0, 0.1) is 0 Å². The fourth-order valence-electron chi connectivity index (χ4n) is 5.72. The zero-order chi connectivity index (χ0) is 30.2. The van der Waals surface area contributed by atoms with Gasteiger partial charge in [0.2, 0.25) is 15.9 Å². The number of carbonyl (C=O) groups is 2. The highest BCUT2D eigenvalue weighted by Crippen LogP contribution is 2.28. The van der Waals surface area contributed by atoms with E-state index in [2.05, 4.69) is 5.32 Å². The fraction of sp³-hybridized carbons (Fsp3) is 0.394. The van der Waals surface area contributed by atoms with Crippen LogP contribution in [0.4, 0.5) is 0 Å². The van der Waals surface area contributed by atoms with Crippen molar-refractivity contribution in [3.63, 3.8) is 0 Å². The molecule has 1 heterocycles. The first kappa shape index (κ1) is 30.7. The summed E-state index contributed by atoms with van der Waals surface area (Å²) in [4.78, 5) is 29.9. The average Bonchev–Trinajstić information content (AvgIpc) is 3.57. The minimum absolute atomic E-state index is 0.0731. The number of rotatable bonds is 11. The molecule has 3 aromatic rings. The molecule has 2 aliphatic rings. The van der Waals surface area contributed by atoms with E-state index in [1.807, 2.05) is 42.5 Å². The van der Waals surface area contributed by atoms with Crippen molar-refractivity contribution in [3.8, 4) is 5.75 Å². The van der Waals surface area contributed by atoms with Crippen LogP contribution in [0.2, 0.25) is 0 Å².